The number of hydrogen-bond acceptors (Lipinski definition) is 11. The number of benzene rings is 3. The van der Waals surface area contributed by atoms with Gasteiger partial charge in [-0.25, -0.2) is 14.6 Å². The second-order valence-corrected chi connectivity index (χ2v) is 8.16. The fourth-order valence-electron chi connectivity index (χ4n) is 3.77. The molecular formula is C28H21NO10. The molecule has 0 amide bonds. The van der Waals surface area contributed by atoms with Gasteiger partial charge in [-0.1, -0.05) is 6.07 Å². The Balaban J connectivity index is 1.35. The standard InChI is InChI=1S/C28H21NO10/c1-15(30)37-21-9-5-17(12-24(21)34-3)26-29-19(28(32)39-26)10-16-4-7-22(23(11-16)33-2)38-27(31)18-6-8-20-25(13-18)36-14-35-20/h4-13H,14H2,1-3H3/b19-10-. The number of carbonyl (C=O) groups is 3. The predicted molar refractivity (Wildman–Crippen MR) is 135 cm³/mol. The maximum Gasteiger partial charge on any atom is 0.363 e. The molecule has 2 aliphatic rings. The normalized spacial score (nSPS) is 14.5. The molecule has 0 unspecified atom stereocenters. The lowest BCUT2D eigenvalue weighted by Crippen LogP contribution is -2.09. The number of nitrogens with zero attached hydrogens (tertiary/aromatic N) is 1. The van der Waals surface area contributed by atoms with E-state index in [0.717, 1.165) is 0 Å². The van der Waals surface area contributed by atoms with Gasteiger partial charge in [0.25, 0.3) is 0 Å². The zero-order valence-corrected chi connectivity index (χ0v) is 21.0. The third kappa shape index (κ3) is 5.37. The van der Waals surface area contributed by atoms with Crippen LogP contribution in [0.15, 0.2) is 65.3 Å². The van der Waals surface area contributed by atoms with Crippen LogP contribution < -0.4 is 28.4 Å². The largest absolute Gasteiger partial charge is 0.493 e. The van der Waals surface area contributed by atoms with Crippen LogP contribution in [0.25, 0.3) is 6.08 Å². The van der Waals surface area contributed by atoms with Crippen molar-refractivity contribution in [3.63, 3.8) is 0 Å². The van der Waals surface area contributed by atoms with Crippen LogP contribution in [0, 0.1) is 0 Å². The first kappa shape index (κ1) is 25.3. The Bertz CT molecular complexity index is 1560. The first-order valence-electron chi connectivity index (χ1n) is 11.5. The molecule has 0 fully saturated rings. The second kappa shape index (κ2) is 10.6. The molecular weight excluding hydrogens is 510 g/mol. The van der Waals surface area contributed by atoms with Crippen molar-refractivity contribution in [2.24, 2.45) is 4.99 Å². The van der Waals surface area contributed by atoms with Crippen LogP contribution in [0.4, 0.5) is 0 Å². The van der Waals surface area contributed by atoms with E-state index in [0.29, 0.717) is 22.6 Å². The van der Waals surface area contributed by atoms with Crippen molar-refractivity contribution in [1.82, 2.24) is 0 Å². The monoisotopic (exact) mass is 531 g/mol. The highest BCUT2D eigenvalue weighted by atomic mass is 16.7. The molecule has 0 aliphatic carbocycles. The van der Waals surface area contributed by atoms with Gasteiger partial charge in [0.2, 0.25) is 12.7 Å². The average molecular weight is 531 g/mol. The summed E-state index contributed by atoms with van der Waals surface area (Å²) in [7, 11) is 2.85. The molecule has 3 aromatic carbocycles. The summed E-state index contributed by atoms with van der Waals surface area (Å²) in [6, 6.07) is 14.1. The predicted octanol–water partition coefficient (Wildman–Crippen LogP) is 3.92. The highest BCUT2D eigenvalue weighted by Crippen LogP contribution is 2.35. The Labute approximate surface area is 222 Å². The number of cyclic esters (lactones) is 1. The summed E-state index contributed by atoms with van der Waals surface area (Å²) >= 11 is 0. The SMILES string of the molecule is COc1cc(C2=N/C(=C\c3ccc(OC(=O)c4ccc5c(c4)OCO5)c(OC)c3)C(=O)O2)ccc1OC(C)=O. The van der Waals surface area contributed by atoms with Gasteiger partial charge in [0.05, 0.1) is 19.8 Å². The lowest BCUT2D eigenvalue weighted by Gasteiger charge is -2.10. The minimum Gasteiger partial charge on any atom is -0.493 e. The summed E-state index contributed by atoms with van der Waals surface area (Å²) in [5.74, 6) is 0.235. The molecule has 0 saturated carbocycles. The van der Waals surface area contributed by atoms with E-state index in [1.165, 1.54) is 39.4 Å². The summed E-state index contributed by atoms with van der Waals surface area (Å²) < 4.78 is 37.2. The number of methoxy groups -OCH3 is 2. The van der Waals surface area contributed by atoms with Crippen LogP contribution in [0.3, 0.4) is 0 Å². The van der Waals surface area contributed by atoms with E-state index in [4.69, 9.17) is 33.2 Å². The number of hydrogen-bond donors (Lipinski definition) is 0. The molecule has 0 radical (unpaired) electrons. The van der Waals surface area contributed by atoms with Crippen LogP contribution in [0.1, 0.15) is 28.4 Å². The van der Waals surface area contributed by atoms with Crippen molar-refractivity contribution in [2.45, 2.75) is 6.92 Å². The average Bonchev–Trinajstić information content (AvgIpc) is 3.55. The lowest BCUT2D eigenvalue weighted by atomic mass is 10.1. The van der Waals surface area contributed by atoms with Gasteiger partial charge in [-0.2, -0.15) is 0 Å². The quantitative estimate of drug-likeness (QED) is 0.251. The molecule has 11 nitrogen and oxygen atoms in total. The zero-order valence-electron chi connectivity index (χ0n) is 21.0. The number of ether oxygens (including phenoxy) is 7. The topological polar surface area (TPSA) is 128 Å². The minimum atomic E-state index is -0.662. The Morgan fingerprint density at radius 2 is 1.56 bits per heavy atom. The second-order valence-electron chi connectivity index (χ2n) is 8.16. The van der Waals surface area contributed by atoms with E-state index in [-0.39, 0.29) is 46.9 Å². The first-order chi connectivity index (χ1) is 18.8. The molecule has 0 bridgehead atoms. The number of aliphatic imine (C=N–C) groups is 1. The lowest BCUT2D eigenvalue weighted by molar-refractivity contribution is -0.132. The van der Waals surface area contributed by atoms with Crippen molar-refractivity contribution in [3.05, 3.63) is 77.0 Å². The van der Waals surface area contributed by atoms with Crippen molar-refractivity contribution in [3.8, 4) is 34.5 Å². The zero-order chi connectivity index (χ0) is 27.5. The summed E-state index contributed by atoms with van der Waals surface area (Å²) in [5.41, 5.74) is 1.32. The van der Waals surface area contributed by atoms with Gasteiger partial charge in [-0.3, -0.25) is 4.79 Å². The van der Waals surface area contributed by atoms with Gasteiger partial charge in [0.15, 0.2) is 40.2 Å². The fraction of sp³-hybridized carbons (Fsp3) is 0.143. The summed E-state index contributed by atoms with van der Waals surface area (Å²) in [5, 5.41) is 0. The molecule has 0 aromatic heterocycles. The third-order valence-electron chi connectivity index (χ3n) is 5.59. The smallest absolute Gasteiger partial charge is 0.363 e. The number of rotatable bonds is 7. The molecule has 0 spiro atoms. The van der Waals surface area contributed by atoms with E-state index in [1.54, 1.807) is 42.5 Å². The van der Waals surface area contributed by atoms with Crippen LogP contribution in [-0.2, 0) is 14.3 Å². The highest BCUT2D eigenvalue weighted by Gasteiger charge is 2.26. The van der Waals surface area contributed by atoms with Crippen LogP contribution in [0.2, 0.25) is 0 Å². The summed E-state index contributed by atoms with van der Waals surface area (Å²) in [6.07, 6.45) is 1.51. The number of esters is 3. The van der Waals surface area contributed by atoms with E-state index in [9.17, 15) is 14.4 Å². The van der Waals surface area contributed by atoms with Crippen molar-refractivity contribution in [2.75, 3.05) is 21.0 Å². The van der Waals surface area contributed by atoms with Gasteiger partial charge >= 0.3 is 17.9 Å². The molecule has 5 rings (SSSR count). The van der Waals surface area contributed by atoms with E-state index in [2.05, 4.69) is 4.99 Å². The Morgan fingerprint density at radius 3 is 2.33 bits per heavy atom. The number of carbonyl (C=O) groups excluding carboxylic acids is 3. The molecule has 0 atom stereocenters. The fourth-order valence-corrected chi connectivity index (χ4v) is 3.77. The van der Waals surface area contributed by atoms with Crippen molar-refractivity contribution < 1.29 is 47.5 Å². The highest BCUT2D eigenvalue weighted by molar-refractivity contribution is 6.13. The van der Waals surface area contributed by atoms with Crippen molar-refractivity contribution in [1.29, 1.82) is 0 Å². The van der Waals surface area contributed by atoms with E-state index < -0.39 is 17.9 Å². The van der Waals surface area contributed by atoms with Crippen LogP contribution in [0.5, 0.6) is 34.5 Å². The van der Waals surface area contributed by atoms with Gasteiger partial charge in [-0.05, 0) is 60.2 Å². The van der Waals surface area contributed by atoms with E-state index >= 15 is 0 Å². The molecule has 39 heavy (non-hydrogen) atoms. The Morgan fingerprint density at radius 1 is 0.846 bits per heavy atom. The molecule has 2 aliphatic heterocycles. The van der Waals surface area contributed by atoms with Gasteiger partial charge in [0, 0.05) is 12.5 Å². The molecule has 2 heterocycles. The summed E-state index contributed by atoms with van der Waals surface area (Å²) in [4.78, 5) is 40.8. The Hall–Kier alpha value is -5.32. The van der Waals surface area contributed by atoms with Crippen LogP contribution in [-0.4, -0.2) is 44.8 Å². The molecule has 198 valence electrons. The summed E-state index contributed by atoms with van der Waals surface area (Å²) in [6.45, 7) is 1.37. The maximum absolute atomic E-state index is 12.7. The van der Waals surface area contributed by atoms with E-state index in [1.807, 2.05) is 0 Å². The van der Waals surface area contributed by atoms with Crippen LogP contribution >= 0.6 is 0 Å². The number of fused-ring (bicyclic) bond motifs is 1. The first-order valence-corrected chi connectivity index (χ1v) is 11.5. The maximum atomic E-state index is 12.7. The Kier molecular flexibility index (Phi) is 6.87. The van der Waals surface area contributed by atoms with Gasteiger partial charge in [-0.15, -0.1) is 0 Å². The van der Waals surface area contributed by atoms with Crippen molar-refractivity contribution >= 4 is 29.9 Å². The third-order valence-corrected chi connectivity index (χ3v) is 5.59. The van der Waals surface area contributed by atoms with Gasteiger partial charge < -0.3 is 33.2 Å². The molecule has 0 saturated heterocycles. The molecule has 3 aromatic rings. The molecule has 11 heteroatoms. The van der Waals surface area contributed by atoms with Gasteiger partial charge in [0.1, 0.15) is 0 Å². The molecule has 0 N–H and O–H groups in total. The minimum absolute atomic E-state index is 0.0418.